The Balaban J connectivity index is 1.90. The van der Waals surface area contributed by atoms with Crippen LogP contribution in [-0.2, 0) is 10.0 Å². The number of hydrogen-bond acceptors (Lipinski definition) is 6. The first kappa shape index (κ1) is 24.2. The highest BCUT2D eigenvalue weighted by Gasteiger charge is 2.39. The van der Waals surface area contributed by atoms with E-state index in [9.17, 15) is 31.2 Å². The molecule has 4 rings (SSSR count). The molecule has 0 aliphatic carbocycles. The van der Waals surface area contributed by atoms with Crippen molar-refractivity contribution in [2.75, 3.05) is 0 Å². The van der Waals surface area contributed by atoms with Crippen molar-refractivity contribution < 1.29 is 26.0 Å². The summed E-state index contributed by atoms with van der Waals surface area (Å²) in [5.41, 5.74) is 1.15. The average molecular weight is 504 g/mol. The van der Waals surface area contributed by atoms with E-state index in [0.29, 0.717) is 23.8 Å². The van der Waals surface area contributed by atoms with Gasteiger partial charge >= 0.3 is 6.18 Å². The molecule has 4 aromatic rings. The number of benzene rings is 1. The standard InChI is InChI=1S/C22H16F4N6O2S/c1-12-7-19-15(8-17(12)23)16(9-27)21(32(19)20-5-6-28-11-30-20)18-4-3-14(10-29-18)35(33,34)31-13(2)22(24,25)26/h3-8,10-11,13,31H,1-2H3. The van der Waals surface area contributed by atoms with Crippen LogP contribution in [-0.4, -0.2) is 40.2 Å². The maximum Gasteiger partial charge on any atom is 0.404 e. The van der Waals surface area contributed by atoms with E-state index < -0.39 is 33.0 Å². The van der Waals surface area contributed by atoms with Gasteiger partial charge in [0.1, 0.15) is 35.0 Å². The lowest BCUT2D eigenvalue weighted by Gasteiger charge is -2.17. The molecule has 0 saturated heterocycles. The highest BCUT2D eigenvalue weighted by molar-refractivity contribution is 7.89. The van der Waals surface area contributed by atoms with E-state index in [0.717, 1.165) is 12.3 Å². The molecule has 180 valence electrons. The summed E-state index contributed by atoms with van der Waals surface area (Å²) in [6.45, 7) is 2.24. The molecule has 0 bridgehead atoms. The fourth-order valence-electron chi connectivity index (χ4n) is 3.47. The molecule has 0 radical (unpaired) electrons. The van der Waals surface area contributed by atoms with Crippen molar-refractivity contribution in [2.24, 2.45) is 0 Å². The van der Waals surface area contributed by atoms with Crippen molar-refractivity contribution >= 4 is 20.9 Å². The Labute approximate surface area is 196 Å². The van der Waals surface area contributed by atoms with Gasteiger partial charge in [-0.05, 0) is 49.7 Å². The van der Waals surface area contributed by atoms with Crippen LogP contribution in [0.15, 0.2) is 53.9 Å². The van der Waals surface area contributed by atoms with Crippen LogP contribution in [0, 0.1) is 24.1 Å². The third-order valence-electron chi connectivity index (χ3n) is 5.27. The monoisotopic (exact) mass is 504 g/mol. The summed E-state index contributed by atoms with van der Waals surface area (Å²) in [5.74, 6) is -0.189. The van der Waals surface area contributed by atoms with Gasteiger partial charge < -0.3 is 0 Å². The van der Waals surface area contributed by atoms with E-state index >= 15 is 0 Å². The predicted octanol–water partition coefficient (Wildman–Crippen LogP) is 4.03. The molecule has 0 saturated carbocycles. The Morgan fingerprint density at radius 2 is 1.91 bits per heavy atom. The molecule has 0 fully saturated rings. The van der Waals surface area contributed by atoms with Gasteiger partial charge in [0.25, 0.3) is 0 Å². The van der Waals surface area contributed by atoms with Crippen LogP contribution in [0.5, 0.6) is 0 Å². The molecule has 35 heavy (non-hydrogen) atoms. The van der Waals surface area contributed by atoms with Gasteiger partial charge in [-0.1, -0.05) is 0 Å². The van der Waals surface area contributed by atoms with Gasteiger partial charge in [0.2, 0.25) is 10.0 Å². The Bertz CT molecular complexity index is 1560. The molecule has 1 atom stereocenters. The van der Waals surface area contributed by atoms with E-state index in [1.807, 2.05) is 6.07 Å². The van der Waals surface area contributed by atoms with Gasteiger partial charge in [0, 0.05) is 17.8 Å². The van der Waals surface area contributed by atoms with Crippen molar-refractivity contribution in [3.63, 3.8) is 0 Å². The van der Waals surface area contributed by atoms with Crippen LogP contribution in [0.25, 0.3) is 28.1 Å². The van der Waals surface area contributed by atoms with Crippen LogP contribution in [0.4, 0.5) is 17.6 Å². The second-order valence-electron chi connectivity index (χ2n) is 7.62. The number of halogens is 4. The number of rotatable bonds is 5. The number of fused-ring (bicyclic) bond motifs is 1. The molecule has 3 heterocycles. The number of alkyl halides is 3. The lowest BCUT2D eigenvalue weighted by atomic mass is 10.1. The summed E-state index contributed by atoms with van der Waals surface area (Å²) in [7, 11) is -4.53. The molecule has 0 spiro atoms. The zero-order valence-corrected chi connectivity index (χ0v) is 19.0. The van der Waals surface area contributed by atoms with Gasteiger partial charge in [-0.3, -0.25) is 9.55 Å². The van der Waals surface area contributed by atoms with Crippen LogP contribution in [0.1, 0.15) is 18.1 Å². The second-order valence-corrected chi connectivity index (χ2v) is 9.33. The summed E-state index contributed by atoms with van der Waals surface area (Å²) >= 11 is 0. The van der Waals surface area contributed by atoms with E-state index in [1.54, 1.807) is 28.3 Å². The van der Waals surface area contributed by atoms with Crippen molar-refractivity contribution in [1.29, 1.82) is 5.26 Å². The van der Waals surface area contributed by atoms with Crippen LogP contribution >= 0.6 is 0 Å². The summed E-state index contributed by atoms with van der Waals surface area (Å²) in [6.07, 6.45) is -1.13. The van der Waals surface area contributed by atoms with E-state index in [4.69, 9.17) is 0 Å². The van der Waals surface area contributed by atoms with Crippen LogP contribution < -0.4 is 4.72 Å². The van der Waals surface area contributed by atoms with Gasteiger partial charge in [0.15, 0.2) is 0 Å². The number of nitrogens with zero attached hydrogens (tertiary/aromatic N) is 5. The maximum atomic E-state index is 14.4. The molecule has 1 unspecified atom stereocenters. The smallest absolute Gasteiger partial charge is 0.291 e. The quantitative estimate of drug-likeness (QED) is 0.411. The zero-order chi connectivity index (χ0) is 25.5. The minimum atomic E-state index is -4.77. The minimum Gasteiger partial charge on any atom is -0.291 e. The molecule has 0 amide bonds. The highest BCUT2D eigenvalue weighted by atomic mass is 32.2. The number of nitriles is 1. The van der Waals surface area contributed by atoms with E-state index in [-0.39, 0.29) is 22.3 Å². The molecule has 8 nitrogen and oxygen atoms in total. The van der Waals surface area contributed by atoms with Gasteiger partial charge in [-0.15, -0.1) is 0 Å². The van der Waals surface area contributed by atoms with E-state index in [2.05, 4.69) is 15.0 Å². The Hall–Kier alpha value is -3.89. The largest absolute Gasteiger partial charge is 0.404 e. The van der Waals surface area contributed by atoms with Crippen molar-refractivity contribution in [3.8, 4) is 23.3 Å². The van der Waals surface area contributed by atoms with Crippen molar-refractivity contribution in [1.82, 2.24) is 24.2 Å². The van der Waals surface area contributed by atoms with Gasteiger partial charge in [-0.2, -0.15) is 23.2 Å². The maximum absolute atomic E-state index is 14.4. The predicted molar refractivity (Wildman–Crippen MR) is 117 cm³/mol. The number of aromatic nitrogens is 4. The molecule has 0 aliphatic heterocycles. The highest BCUT2D eigenvalue weighted by Crippen LogP contribution is 2.36. The molecule has 3 aromatic heterocycles. The summed E-state index contributed by atoms with van der Waals surface area (Å²) in [6, 6.07) is 6.36. The first-order valence-electron chi connectivity index (χ1n) is 10.0. The Morgan fingerprint density at radius 3 is 2.49 bits per heavy atom. The Morgan fingerprint density at radius 1 is 1.17 bits per heavy atom. The molecular formula is C22H16F4N6O2S. The molecule has 1 aromatic carbocycles. The average Bonchev–Trinajstić information content (AvgIpc) is 3.12. The molecule has 13 heteroatoms. The summed E-state index contributed by atoms with van der Waals surface area (Å²) < 4.78 is 80.7. The fraction of sp³-hybridized carbons (Fsp3) is 0.182. The molecule has 1 N–H and O–H groups in total. The fourth-order valence-corrected chi connectivity index (χ4v) is 4.64. The number of nitrogens with one attached hydrogen (secondary N) is 1. The van der Waals surface area contributed by atoms with E-state index in [1.165, 1.54) is 24.7 Å². The zero-order valence-electron chi connectivity index (χ0n) is 18.2. The number of sulfonamides is 1. The number of hydrogen-bond donors (Lipinski definition) is 1. The number of aryl methyl sites for hydroxylation is 1. The SMILES string of the molecule is Cc1cc2c(cc1F)c(C#N)c(-c1ccc(S(=O)(=O)NC(C)C(F)(F)F)cn1)n2-c1ccncn1. The Kier molecular flexibility index (Phi) is 6.04. The van der Waals surface area contributed by atoms with Gasteiger partial charge in [-0.25, -0.2) is 22.8 Å². The minimum absolute atomic E-state index is 0.0597. The topological polar surface area (TPSA) is 114 Å². The van der Waals surface area contributed by atoms with Gasteiger partial charge in [0.05, 0.1) is 22.5 Å². The number of pyridine rings is 1. The normalized spacial score (nSPS) is 13.1. The summed E-state index contributed by atoms with van der Waals surface area (Å²) in [4.78, 5) is 11.7. The third-order valence-corrected chi connectivity index (χ3v) is 6.79. The van der Waals surface area contributed by atoms with Crippen molar-refractivity contribution in [3.05, 3.63) is 66.0 Å². The van der Waals surface area contributed by atoms with Crippen LogP contribution in [0.2, 0.25) is 0 Å². The first-order chi connectivity index (χ1) is 16.4. The lowest BCUT2D eigenvalue weighted by Crippen LogP contribution is -2.42. The third kappa shape index (κ3) is 4.45. The first-order valence-corrected chi connectivity index (χ1v) is 11.5. The van der Waals surface area contributed by atoms with Crippen molar-refractivity contribution in [2.45, 2.75) is 31.0 Å². The molecule has 0 aliphatic rings. The summed E-state index contributed by atoms with van der Waals surface area (Å²) in [5, 5.41) is 10.2. The molecular weight excluding hydrogens is 488 g/mol. The van der Waals surface area contributed by atoms with Crippen LogP contribution in [0.3, 0.4) is 0 Å². The second kappa shape index (κ2) is 8.71. The lowest BCUT2D eigenvalue weighted by molar-refractivity contribution is -0.147.